The average Bonchev–Trinajstić information content (AvgIpc) is 2.02. The van der Waals surface area contributed by atoms with Gasteiger partial charge in [0.05, 0.1) is 5.60 Å². The summed E-state index contributed by atoms with van der Waals surface area (Å²) in [4.78, 5) is 11.4. The third-order valence-electron chi connectivity index (χ3n) is 2.32. The maximum Gasteiger partial charge on any atom is 0.139 e. The smallest absolute Gasteiger partial charge is 0.139 e. The van der Waals surface area contributed by atoms with Crippen LogP contribution < -0.4 is 0 Å². The number of Topliss-reactive ketones (excluding diaryl/α,β-unsaturated/α-hetero) is 1. The quantitative estimate of drug-likeness (QED) is 0.639. The highest BCUT2D eigenvalue weighted by molar-refractivity contribution is 5.81. The summed E-state index contributed by atoms with van der Waals surface area (Å²) in [5.74, 6) is 0.339. The van der Waals surface area contributed by atoms with E-state index in [4.69, 9.17) is 0 Å². The molecule has 0 fully saturated rings. The SMILES string of the molecule is C=CCC(=O)C(C)CCCC(C)(C)O. The molecule has 1 N–H and O–H groups in total. The van der Waals surface area contributed by atoms with Crippen molar-refractivity contribution in [2.24, 2.45) is 5.92 Å². The second-order valence-corrected chi connectivity index (χ2v) is 4.56. The van der Waals surface area contributed by atoms with Gasteiger partial charge in [-0.1, -0.05) is 13.0 Å². The van der Waals surface area contributed by atoms with Gasteiger partial charge in [0.2, 0.25) is 0 Å². The van der Waals surface area contributed by atoms with Crippen LogP contribution in [0.1, 0.15) is 46.5 Å². The van der Waals surface area contributed by atoms with E-state index >= 15 is 0 Å². The van der Waals surface area contributed by atoms with Gasteiger partial charge in [0.25, 0.3) is 0 Å². The van der Waals surface area contributed by atoms with Crippen LogP contribution in [0.5, 0.6) is 0 Å². The Balaban J connectivity index is 3.68. The van der Waals surface area contributed by atoms with E-state index in [1.807, 2.05) is 6.92 Å². The molecule has 0 amide bonds. The van der Waals surface area contributed by atoms with Gasteiger partial charge < -0.3 is 5.11 Å². The molecule has 0 rings (SSSR count). The molecule has 0 aliphatic rings. The van der Waals surface area contributed by atoms with Gasteiger partial charge in [-0.25, -0.2) is 0 Å². The molecule has 0 aromatic heterocycles. The molecule has 0 aromatic rings. The molecule has 0 aliphatic heterocycles. The van der Waals surface area contributed by atoms with Crippen molar-refractivity contribution in [1.82, 2.24) is 0 Å². The standard InChI is InChI=1S/C12H22O2/c1-5-7-11(13)10(2)8-6-9-12(3,4)14/h5,10,14H,1,6-9H2,2-4H3. The van der Waals surface area contributed by atoms with Crippen molar-refractivity contribution >= 4 is 5.78 Å². The number of carbonyl (C=O) groups excluding carboxylic acids is 1. The predicted octanol–water partition coefficient (Wildman–Crippen LogP) is 2.71. The van der Waals surface area contributed by atoms with Crippen LogP contribution in [0.25, 0.3) is 0 Å². The Morgan fingerprint density at radius 1 is 1.57 bits per heavy atom. The monoisotopic (exact) mass is 198 g/mol. The lowest BCUT2D eigenvalue weighted by molar-refractivity contribution is -0.121. The number of hydrogen-bond acceptors (Lipinski definition) is 2. The minimum atomic E-state index is -0.610. The van der Waals surface area contributed by atoms with Gasteiger partial charge in [-0.2, -0.15) is 0 Å². The van der Waals surface area contributed by atoms with Crippen molar-refractivity contribution < 1.29 is 9.90 Å². The average molecular weight is 198 g/mol. The summed E-state index contributed by atoms with van der Waals surface area (Å²) >= 11 is 0. The molecule has 0 heterocycles. The van der Waals surface area contributed by atoms with E-state index in [1.54, 1.807) is 19.9 Å². The van der Waals surface area contributed by atoms with E-state index in [2.05, 4.69) is 6.58 Å². The molecular weight excluding hydrogens is 176 g/mol. The zero-order valence-electron chi connectivity index (χ0n) is 9.55. The second-order valence-electron chi connectivity index (χ2n) is 4.56. The van der Waals surface area contributed by atoms with Crippen LogP contribution in [0.4, 0.5) is 0 Å². The highest BCUT2D eigenvalue weighted by Gasteiger charge is 2.15. The molecule has 0 bridgehead atoms. The Hall–Kier alpha value is -0.630. The minimum absolute atomic E-state index is 0.0929. The zero-order chi connectivity index (χ0) is 11.2. The summed E-state index contributed by atoms with van der Waals surface area (Å²) in [5.41, 5.74) is -0.610. The minimum Gasteiger partial charge on any atom is -0.390 e. The first kappa shape index (κ1) is 13.4. The lowest BCUT2D eigenvalue weighted by Gasteiger charge is -2.17. The Bertz CT molecular complexity index is 189. The lowest BCUT2D eigenvalue weighted by Crippen LogP contribution is -2.19. The van der Waals surface area contributed by atoms with E-state index in [0.717, 1.165) is 19.3 Å². The molecule has 14 heavy (non-hydrogen) atoms. The Morgan fingerprint density at radius 2 is 2.14 bits per heavy atom. The van der Waals surface area contributed by atoms with Crippen LogP contribution in [0.15, 0.2) is 12.7 Å². The number of hydrogen-bond donors (Lipinski definition) is 1. The largest absolute Gasteiger partial charge is 0.390 e. The fourth-order valence-electron chi connectivity index (χ4n) is 1.35. The van der Waals surface area contributed by atoms with Gasteiger partial charge in [-0.15, -0.1) is 6.58 Å². The second kappa shape index (κ2) is 5.97. The molecule has 2 heteroatoms. The fourth-order valence-corrected chi connectivity index (χ4v) is 1.35. The van der Waals surface area contributed by atoms with E-state index in [9.17, 15) is 9.90 Å². The van der Waals surface area contributed by atoms with Crippen LogP contribution in [0.2, 0.25) is 0 Å². The topological polar surface area (TPSA) is 37.3 Å². The first-order chi connectivity index (χ1) is 6.37. The van der Waals surface area contributed by atoms with E-state index < -0.39 is 5.60 Å². The summed E-state index contributed by atoms with van der Waals surface area (Å²) < 4.78 is 0. The summed E-state index contributed by atoms with van der Waals surface area (Å²) in [7, 11) is 0. The molecule has 0 saturated carbocycles. The molecule has 82 valence electrons. The van der Waals surface area contributed by atoms with Crippen LogP contribution in [-0.2, 0) is 4.79 Å². The molecule has 0 aliphatic carbocycles. The highest BCUT2D eigenvalue weighted by atomic mass is 16.3. The van der Waals surface area contributed by atoms with E-state index in [-0.39, 0.29) is 11.7 Å². The fraction of sp³-hybridized carbons (Fsp3) is 0.750. The van der Waals surface area contributed by atoms with E-state index in [1.165, 1.54) is 0 Å². The number of allylic oxidation sites excluding steroid dienone is 1. The number of ketones is 1. The number of rotatable bonds is 7. The third-order valence-corrected chi connectivity index (χ3v) is 2.32. The molecule has 0 spiro atoms. The summed E-state index contributed by atoms with van der Waals surface area (Å²) in [6.07, 6.45) is 4.61. The first-order valence-corrected chi connectivity index (χ1v) is 5.23. The normalized spacial score (nSPS) is 13.7. The van der Waals surface area contributed by atoms with Gasteiger partial charge in [-0.05, 0) is 33.1 Å². The van der Waals surface area contributed by atoms with Crippen molar-refractivity contribution in [3.05, 3.63) is 12.7 Å². The first-order valence-electron chi connectivity index (χ1n) is 5.23. The summed E-state index contributed by atoms with van der Waals surface area (Å²) in [6.45, 7) is 9.07. The predicted molar refractivity (Wildman–Crippen MR) is 59.1 cm³/mol. The number of carbonyl (C=O) groups is 1. The molecule has 1 atom stereocenters. The van der Waals surface area contributed by atoms with Gasteiger partial charge in [-0.3, -0.25) is 4.79 Å². The molecule has 0 saturated heterocycles. The molecular formula is C12H22O2. The van der Waals surface area contributed by atoms with Gasteiger partial charge in [0.1, 0.15) is 5.78 Å². The van der Waals surface area contributed by atoms with Crippen molar-refractivity contribution in [2.45, 2.75) is 52.1 Å². The third kappa shape index (κ3) is 6.84. The molecule has 0 aromatic carbocycles. The summed E-state index contributed by atoms with van der Waals surface area (Å²) in [5, 5.41) is 9.47. The molecule has 0 radical (unpaired) electrons. The van der Waals surface area contributed by atoms with Crippen molar-refractivity contribution in [3.63, 3.8) is 0 Å². The lowest BCUT2D eigenvalue weighted by atomic mass is 9.93. The van der Waals surface area contributed by atoms with Crippen molar-refractivity contribution in [2.75, 3.05) is 0 Å². The van der Waals surface area contributed by atoms with Crippen molar-refractivity contribution in [3.8, 4) is 0 Å². The maximum atomic E-state index is 11.4. The Labute approximate surface area is 87.0 Å². The zero-order valence-corrected chi connectivity index (χ0v) is 9.55. The van der Waals surface area contributed by atoms with Crippen LogP contribution >= 0.6 is 0 Å². The van der Waals surface area contributed by atoms with Crippen molar-refractivity contribution in [1.29, 1.82) is 0 Å². The van der Waals surface area contributed by atoms with Gasteiger partial charge in [0, 0.05) is 12.3 Å². The van der Waals surface area contributed by atoms with E-state index in [0.29, 0.717) is 6.42 Å². The van der Waals surface area contributed by atoms with Crippen LogP contribution in [0.3, 0.4) is 0 Å². The Kier molecular flexibility index (Phi) is 5.70. The molecule has 1 unspecified atom stereocenters. The van der Waals surface area contributed by atoms with Crippen LogP contribution in [0, 0.1) is 5.92 Å². The molecule has 2 nitrogen and oxygen atoms in total. The van der Waals surface area contributed by atoms with Gasteiger partial charge in [0.15, 0.2) is 0 Å². The number of aliphatic hydroxyl groups is 1. The maximum absolute atomic E-state index is 11.4. The Morgan fingerprint density at radius 3 is 2.57 bits per heavy atom. The summed E-state index contributed by atoms with van der Waals surface area (Å²) in [6, 6.07) is 0. The van der Waals surface area contributed by atoms with Crippen LogP contribution in [-0.4, -0.2) is 16.5 Å². The van der Waals surface area contributed by atoms with Gasteiger partial charge >= 0.3 is 0 Å². The highest BCUT2D eigenvalue weighted by Crippen LogP contribution is 2.16.